The molecule has 2 heterocycles. The first-order chi connectivity index (χ1) is 11.7. The molecule has 24 heavy (non-hydrogen) atoms. The minimum atomic E-state index is -0.256. The lowest BCUT2D eigenvalue weighted by Gasteiger charge is -2.19. The molecule has 2 aliphatic rings. The van der Waals surface area contributed by atoms with Gasteiger partial charge in [-0.15, -0.1) is 0 Å². The molecule has 0 spiro atoms. The number of hydrogen-bond donors (Lipinski definition) is 2. The summed E-state index contributed by atoms with van der Waals surface area (Å²) in [6.07, 6.45) is 3.74. The van der Waals surface area contributed by atoms with Crippen molar-refractivity contribution in [3.05, 3.63) is 52.6 Å². The second kappa shape index (κ2) is 6.36. The Morgan fingerprint density at radius 3 is 3.00 bits per heavy atom. The van der Waals surface area contributed by atoms with Crippen LogP contribution >= 0.6 is 0 Å². The SMILES string of the molecule is O=C(NC[C@@H]1CCO[C@H]1c1ccc(F)cc1)c1n[nH]c2c1CCC2. The molecule has 0 saturated carbocycles. The standard InChI is InChI=1S/C18H20FN3O2/c19-13-6-4-11(5-7-13)17-12(8-9-24-17)10-20-18(23)16-14-2-1-3-15(14)21-22-16/h4-7,12,17H,1-3,8-10H2,(H,20,23)(H,21,22)/t12-,17-/m0/s1. The Balaban J connectivity index is 1.41. The highest BCUT2D eigenvalue weighted by atomic mass is 19.1. The highest BCUT2D eigenvalue weighted by Gasteiger charge is 2.31. The van der Waals surface area contributed by atoms with Crippen LogP contribution in [0.25, 0.3) is 0 Å². The van der Waals surface area contributed by atoms with E-state index in [0.717, 1.165) is 42.5 Å². The maximum absolute atomic E-state index is 13.1. The number of amides is 1. The highest BCUT2D eigenvalue weighted by molar-refractivity contribution is 5.94. The number of H-pyrrole nitrogens is 1. The lowest BCUT2D eigenvalue weighted by Crippen LogP contribution is -2.31. The summed E-state index contributed by atoms with van der Waals surface area (Å²) >= 11 is 0. The van der Waals surface area contributed by atoms with Crippen molar-refractivity contribution in [2.24, 2.45) is 5.92 Å². The van der Waals surface area contributed by atoms with E-state index in [-0.39, 0.29) is 23.7 Å². The van der Waals surface area contributed by atoms with E-state index >= 15 is 0 Å². The first-order valence-corrected chi connectivity index (χ1v) is 8.44. The highest BCUT2D eigenvalue weighted by Crippen LogP contribution is 2.34. The molecule has 1 aliphatic carbocycles. The van der Waals surface area contributed by atoms with Crippen LogP contribution in [0.1, 0.15) is 46.3 Å². The number of carbonyl (C=O) groups is 1. The van der Waals surface area contributed by atoms with Gasteiger partial charge >= 0.3 is 0 Å². The van der Waals surface area contributed by atoms with E-state index < -0.39 is 0 Å². The summed E-state index contributed by atoms with van der Waals surface area (Å²) in [5, 5.41) is 10.1. The third kappa shape index (κ3) is 2.82. The van der Waals surface area contributed by atoms with Gasteiger partial charge in [-0.05, 0) is 43.4 Å². The second-order valence-electron chi connectivity index (χ2n) is 6.48. The number of fused-ring (bicyclic) bond motifs is 1. The fraction of sp³-hybridized carbons (Fsp3) is 0.444. The fourth-order valence-corrected chi connectivity index (χ4v) is 3.68. The molecule has 1 aliphatic heterocycles. The molecule has 5 nitrogen and oxygen atoms in total. The number of aryl methyl sites for hydroxylation is 1. The lowest BCUT2D eigenvalue weighted by molar-refractivity contribution is 0.0843. The zero-order valence-corrected chi connectivity index (χ0v) is 13.3. The summed E-state index contributed by atoms with van der Waals surface area (Å²) in [5.74, 6) is -0.195. The monoisotopic (exact) mass is 329 g/mol. The summed E-state index contributed by atoms with van der Waals surface area (Å²) in [4.78, 5) is 12.4. The van der Waals surface area contributed by atoms with Crippen molar-refractivity contribution < 1.29 is 13.9 Å². The van der Waals surface area contributed by atoms with Crippen LogP contribution in [0, 0.1) is 11.7 Å². The molecule has 1 saturated heterocycles. The number of carbonyl (C=O) groups excluding carboxylic acids is 1. The van der Waals surface area contributed by atoms with Crippen molar-refractivity contribution in [3.63, 3.8) is 0 Å². The van der Waals surface area contributed by atoms with E-state index in [4.69, 9.17) is 4.74 Å². The minimum Gasteiger partial charge on any atom is -0.373 e. The summed E-state index contributed by atoms with van der Waals surface area (Å²) in [6.45, 7) is 1.18. The second-order valence-corrected chi connectivity index (χ2v) is 6.48. The largest absolute Gasteiger partial charge is 0.373 e. The van der Waals surface area contributed by atoms with Gasteiger partial charge in [-0.2, -0.15) is 5.10 Å². The van der Waals surface area contributed by atoms with Crippen molar-refractivity contribution in [3.8, 4) is 0 Å². The predicted molar refractivity (Wildman–Crippen MR) is 86.1 cm³/mol. The molecule has 1 amide bonds. The molecular formula is C18H20FN3O2. The molecule has 2 atom stereocenters. The molecular weight excluding hydrogens is 309 g/mol. The fourth-order valence-electron chi connectivity index (χ4n) is 3.68. The van der Waals surface area contributed by atoms with Crippen LogP contribution in [-0.4, -0.2) is 29.3 Å². The average Bonchev–Trinajstić information content (AvgIpc) is 3.29. The van der Waals surface area contributed by atoms with Crippen LogP contribution in [0.5, 0.6) is 0 Å². The zero-order chi connectivity index (χ0) is 16.5. The summed E-state index contributed by atoms with van der Waals surface area (Å²) in [5.41, 5.74) is 3.63. The molecule has 126 valence electrons. The van der Waals surface area contributed by atoms with Gasteiger partial charge in [0.15, 0.2) is 5.69 Å². The van der Waals surface area contributed by atoms with E-state index in [0.29, 0.717) is 18.8 Å². The number of nitrogens with zero attached hydrogens (tertiary/aromatic N) is 1. The maximum Gasteiger partial charge on any atom is 0.272 e. The first-order valence-electron chi connectivity index (χ1n) is 8.44. The number of benzene rings is 1. The number of aromatic amines is 1. The topological polar surface area (TPSA) is 67.0 Å². The molecule has 2 N–H and O–H groups in total. The molecule has 6 heteroatoms. The number of nitrogens with one attached hydrogen (secondary N) is 2. The number of aromatic nitrogens is 2. The van der Waals surface area contributed by atoms with E-state index in [1.807, 2.05) is 0 Å². The van der Waals surface area contributed by atoms with Gasteiger partial charge in [-0.3, -0.25) is 9.89 Å². The molecule has 1 aromatic heterocycles. The first kappa shape index (κ1) is 15.3. The van der Waals surface area contributed by atoms with Crippen molar-refractivity contribution in [2.75, 3.05) is 13.2 Å². The van der Waals surface area contributed by atoms with Crippen LogP contribution in [0.15, 0.2) is 24.3 Å². The zero-order valence-electron chi connectivity index (χ0n) is 13.3. The van der Waals surface area contributed by atoms with E-state index in [9.17, 15) is 9.18 Å². The summed E-state index contributed by atoms with van der Waals surface area (Å²) in [6, 6.07) is 6.39. The average molecular weight is 329 g/mol. The van der Waals surface area contributed by atoms with Gasteiger partial charge in [0.25, 0.3) is 5.91 Å². The van der Waals surface area contributed by atoms with Gasteiger partial charge < -0.3 is 10.1 Å². The Kier molecular flexibility index (Phi) is 4.06. The number of halogens is 1. The molecule has 0 unspecified atom stereocenters. The van der Waals surface area contributed by atoms with Crippen molar-refractivity contribution in [1.82, 2.24) is 15.5 Å². The molecule has 4 rings (SSSR count). The van der Waals surface area contributed by atoms with Gasteiger partial charge in [0.05, 0.1) is 6.10 Å². The van der Waals surface area contributed by atoms with E-state index in [2.05, 4.69) is 15.5 Å². The quantitative estimate of drug-likeness (QED) is 0.906. The summed E-state index contributed by atoms with van der Waals surface area (Å²) in [7, 11) is 0. The molecule has 1 fully saturated rings. The Labute approximate surface area is 139 Å². The summed E-state index contributed by atoms with van der Waals surface area (Å²) < 4.78 is 18.9. The third-order valence-electron chi connectivity index (χ3n) is 4.96. The van der Waals surface area contributed by atoms with Crippen LogP contribution in [-0.2, 0) is 17.6 Å². The Bertz CT molecular complexity index is 741. The van der Waals surface area contributed by atoms with Crippen molar-refractivity contribution >= 4 is 5.91 Å². The maximum atomic E-state index is 13.1. The van der Waals surface area contributed by atoms with Gasteiger partial charge in [0.2, 0.25) is 0 Å². The predicted octanol–water partition coefficient (Wildman–Crippen LogP) is 2.55. The molecule has 2 aromatic rings. The van der Waals surface area contributed by atoms with Crippen LogP contribution in [0.4, 0.5) is 4.39 Å². The third-order valence-corrected chi connectivity index (χ3v) is 4.96. The molecule has 1 aromatic carbocycles. The van der Waals surface area contributed by atoms with Crippen LogP contribution in [0.3, 0.4) is 0 Å². The molecule has 0 radical (unpaired) electrons. The number of ether oxygens (including phenoxy) is 1. The van der Waals surface area contributed by atoms with Gasteiger partial charge in [0.1, 0.15) is 5.82 Å². The van der Waals surface area contributed by atoms with Crippen molar-refractivity contribution in [2.45, 2.75) is 31.8 Å². The number of rotatable bonds is 4. The number of hydrogen-bond acceptors (Lipinski definition) is 3. The van der Waals surface area contributed by atoms with Gasteiger partial charge in [0, 0.05) is 30.3 Å². The van der Waals surface area contributed by atoms with Crippen molar-refractivity contribution in [1.29, 1.82) is 0 Å². The Hall–Kier alpha value is -2.21. The van der Waals surface area contributed by atoms with Crippen LogP contribution in [0.2, 0.25) is 0 Å². The Morgan fingerprint density at radius 2 is 2.17 bits per heavy atom. The van der Waals surface area contributed by atoms with Gasteiger partial charge in [-0.1, -0.05) is 12.1 Å². The Morgan fingerprint density at radius 1 is 1.33 bits per heavy atom. The normalized spacial score (nSPS) is 22.5. The smallest absolute Gasteiger partial charge is 0.272 e. The lowest BCUT2D eigenvalue weighted by atomic mass is 9.95. The van der Waals surface area contributed by atoms with E-state index in [1.54, 1.807) is 12.1 Å². The van der Waals surface area contributed by atoms with Gasteiger partial charge in [-0.25, -0.2) is 4.39 Å². The van der Waals surface area contributed by atoms with E-state index in [1.165, 1.54) is 12.1 Å². The minimum absolute atomic E-state index is 0.101. The molecule has 0 bridgehead atoms. The van der Waals surface area contributed by atoms with Crippen LogP contribution < -0.4 is 5.32 Å².